The fourth-order valence-electron chi connectivity index (χ4n) is 1.99. The molecule has 0 spiro atoms. The van der Waals surface area contributed by atoms with Gasteiger partial charge in [0.15, 0.2) is 9.84 Å². The van der Waals surface area contributed by atoms with E-state index < -0.39 is 15.7 Å². The summed E-state index contributed by atoms with van der Waals surface area (Å²) in [7, 11) is -2.13. The van der Waals surface area contributed by atoms with Crippen molar-refractivity contribution in [3.63, 3.8) is 0 Å². The summed E-state index contributed by atoms with van der Waals surface area (Å²) >= 11 is 5.90. The van der Waals surface area contributed by atoms with Crippen molar-refractivity contribution in [2.24, 2.45) is 0 Å². The maximum atomic E-state index is 12.2. The molecule has 122 valence electrons. The molecule has 2 aromatic carbocycles. The first-order valence-corrected chi connectivity index (χ1v) is 8.87. The SMILES string of the molecule is COc1ccccc1NC(=O)CCS(=O)(=O)c1ccccc1Cl. The Balaban J connectivity index is 2.03. The van der Waals surface area contributed by atoms with Gasteiger partial charge in [0.1, 0.15) is 5.75 Å². The number of para-hydroxylation sites is 2. The van der Waals surface area contributed by atoms with Gasteiger partial charge in [-0.25, -0.2) is 8.42 Å². The minimum atomic E-state index is -3.62. The quantitative estimate of drug-likeness (QED) is 0.865. The number of amides is 1. The maximum absolute atomic E-state index is 12.2. The fraction of sp³-hybridized carbons (Fsp3) is 0.188. The first-order valence-electron chi connectivity index (χ1n) is 6.84. The van der Waals surface area contributed by atoms with Gasteiger partial charge < -0.3 is 10.1 Å². The van der Waals surface area contributed by atoms with Crippen LogP contribution < -0.4 is 10.1 Å². The number of benzene rings is 2. The molecule has 0 radical (unpaired) electrons. The number of hydrogen-bond donors (Lipinski definition) is 1. The molecule has 0 fully saturated rings. The van der Waals surface area contributed by atoms with E-state index in [1.807, 2.05) is 0 Å². The van der Waals surface area contributed by atoms with Crippen LogP contribution in [0.1, 0.15) is 6.42 Å². The summed E-state index contributed by atoms with van der Waals surface area (Å²) < 4.78 is 29.6. The van der Waals surface area contributed by atoms with Crippen molar-refractivity contribution < 1.29 is 17.9 Å². The van der Waals surface area contributed by atoms with Gasteiger partial charge in [0.05, 0.1) is 28.5 Å². The normalized spacial score (nSPS) is 11.0. The van der Waals surface area contributed by atoms with Crippen LogP contribution in [-0.4, -0.2) is 27.2 Å². The lowest BCUT2D eigenvalue weighted by molar-refractivity contribution is -0.115. The van der Waals surface area contributed by atoms with Crippen LogP contribution in [0.5, 0.6) is 5.75 Å². The summed E-state index contributed by atoms with van der Waals surface area (Å²) in [4.78, 5) is 12.0. The molecule has 1 amide bonds. The van der Waals surface area contributed by atoms with E-state index in [0.29, 0.717) is 11.4 Å². The highest BCUT2D eigenvalue weighted by atomic mass is 35.5. The van der Waals surface area contributed by atoms with Gasteiger partial charge in [-0.15, -0.1) is 0 Å². The fourth-order valence-corrected chi connectivity index (χ4v) is 3.81. The van der Waals surface area contributed by atoms with E-state index in [9.17, 15) is 13.2 Å². The molecular formula is C16H16ClNO4S. The van der Waals surface area contributed by atoms with Crippen molar-refractivity contribution >= 4 is 33.0 Å². The topological polar surface area (TPSA) is 72.5 Å². The zero-order chi connectivity index (χ0) is 16.9. The number of carbonyl (C=O) groups excluding carboxylic acids is 1. The average molecular weight is 354 g/mol. The van der Waals surface area contributed by atoms with E-state index in [0.717, 1.165) is 0 Å². The highest BCUT2D eigenvalue weighted by Crippen LogP contribution is 2.24. The minimum Gasteiger partial charge on any atom is -0.495 e. The number of carbonyl (C=O) groups is 1. The molecule has 0 aliphatic carbocycles. The molecule has 5 nitrogen and oxygen atoms in total. The number of nitrogens with one attached hydrogen (secondary N) is 1. The molecule has 0 unspecified atom stereocenters. The summed E-state index contributed by atoms with van der Waals surface area (Å²) in [5, 5.41) is 2.79. The lowest BCUT2D eigenvalue weighted by Gasteiger charge is -2.10. The molecular weight excluding hydrogens is 338 g/mol. The predicted octanol–water partition coefficient (Wildman–Crippen LogP) is 3.15. The van der Waals surface area contributed by atoms with Crippen LogP contribution in [0.4, 0.5) is 5.69 Å². The Bertz CT molecular complexity index is 805. The van der Waals surface area contributed by atoms with Gasteiger partial charge in [-0.05, 0) is 24.3 Å². The molecule has 1 N–H and O–H groups in total. The lowest BCUT2D eigenvalue weighted by Crippen LogP contribution is -2.18. The number of halogens is 1. The van der Waals surface area contributed by atoms with Crippen LogP contribution in [0.3, 0.4) is 0 Å². The summed E-state index contributed by atoms with van der Waals surface area (Å²) in [6.07, 6.45) is -0.175. The number of ether oxygens (including phenoxy) is 1. The Kier molecular flexibility index (Phi) is 5.63. The molecule has 7 heteroatoms. The van der Waals surface area contributed by atoms with Crippen molar-refractivity contribution in [3.8, 4) is 5.75 Å². The van der Waals surface area contributed by atoms with Crippen molar-refractivity contribution in [1.29, 1.82) is 0 Å². The van der Waals surface area contributed by atoms with Gasteiger partial charge in [0, 0.05) is 6.42 Å². The second kappa shape index (κ2) is 7.48. The van der Waals surface area contributed by atoms with Crippen LogP contribution >= 0.6 is 11.6 Å². The molecule has 2 rings (SSSR count). The molecule has 23 heavy (non-hydrogen) atoms. The van der Waals surface area contributed by atoms with Crippen LogP contribution in [-0.2, 0) is 14.6 Å². The molecule has 0 atom stereocenters. The van der Waals surface area contributed by atoms with Gasteiger partial charge >= 0.3 is 0 Å². The van der Waals surface area contributed by atoms with Crippen molar-refractivity contribution in [2.75, 3.05) is 18.2 Å². The summed E-state index contributed by atoms with van der Waals surface area (Å²) in [6, 6.07) is 13.1. The molecule has 0 saturated heterocycles. The van der Waals surface area contributed by atoms with Crippen molar-refractivity contribution in [2.45, 2.75) is 11.3 Å². The Morgan fingerprint density at radius 2 is 1.78 bits per heavy atom. The van der Waals surface area contributed by atoms with E-state index in [1.165, 1.54) is 19.2 Å². The van der Waals surface area contributed by atoms with Gasteiger partial charge in [-0.2, -0.15) is 0 Å². The maximum Gasteiger partial charge on any atom is 0.225 e. The third-order valence-corrected chi connectivity index (χ3v) is 5.36. The number of methoxy groups -OCH3 is 1. The average Bonchev–Trinajstić information content (AvgIpc) is 2.54. The van der Waals surface area contributed by atoms with Crippen LogP contribution in [0.2, 0.25) is 5.02 Å². The summed E-state index contributed by atoms with van der Waals surface area (Å²) in [6.45, 7) is 0. The molecule has 0 bridgehead atoms. The summed E-state index contributed by atoms with van der Waals surface area (Å²) in [5.74, 6) is -0.225. The molecule has 0 aliphatic rings. The minimum absolute atomic E-state index is 0.0340. The van der Waals surface area contributed by atoms with Gasteiger partial charge in [-0.1, -0.05) is 35.9 Å². The number of hydrogen-bond acceptors (Lipinski definition) is 4. The van der Waals surface area contributed by atoms with Crippen LogP contribution in [0.25, 0.3) is 0 Å². The van der Waals surface area contributed by atoms with Gasteiger partial charge in [0.25, 0.3) is 0 Å². The smallest absolute Gasteiger partial charge is 0.225 e. The Morgan fingerprint density at radius 1 is 1.13 bits per heavy atom. The van der Waals surface area contributed by atoms with E-state index in [4.69, 9.17) is 16.3 Å². The monoisotopic (exact) mass is 353 g/mol. The van der Waals surface area contributed by atoms with E-state index in [2.05, 4.69) is 5.32 Å². The Labute approximate surface area is 140 Å². The van der Waals surface area contributed by atoms with Gasteiger partial charge in [-0.3, -0.25) is 4.79 Å². The largest absolute Gasteiger partial charge is 0.495 e. The van der Waals surface area contributed by atoms with Crippen molar-refractivity contribution in [3.05, 3.63) is 53.6 Å². The molecule has 2 aromatic rings. The highest BCUT2D eigenvalue weighted by molar-refractivity contribution is 7.91. The predicted molar refractivity (Wildman–Crippen MR) is 89.7 cm³/mol. The third kappa shape index (κ3) is 4.46. The first-order chi connectivity index (χ1) is 10.9. The third-order valence-electron chi connectivity index (χ3n) is 3.15. The number of anilines is 1. The zero-order valence-corrected chi connectivity index (χ0v) is 14.0. The molecule has 0 saturated carbocycles. The Morgan fingerprint density at radius 3 is 2.48 bits per heavy atom. The van der Waals surface area contributed by atoms with Crippen molar-refractivity contribution in [1.82, 2.24) is 0 Å². The molecule has 0 aromatic heterocycles. The van der Waals surface area contributed by atoms with E-state index >= 15 is 0 Å². The lowest BCUT2D eigenvalue weighted by atomic mass is 10.3. The summed E-state index contributed by atoms with van der Waals surface area (Å²) in [5.41, 5.74) is 0.496. The highest BCUT2D eigenvalue weighted by Gasteiger charge is 2.19. The number of rotatable bonds is 6. The van der Waals surface area contributed by atoms with Crippen LogP contribution in [0.15, 0.2) is 53.4 Å². The zero-order valence-electron chi connectivity index (χ0n) is 12.5. The van der Waals surface area contributed by atoms with E-state index in [1.54, 1.807) is 36.4 Å². The first kappa shape index (κ1) is 17.3. The molecule has 0 aliphatic heterocycles. The standard InChI is InChI=1S/C16H16ClNO4S/c1-22-14-8-4-3-7-13(14)18-16(19)10-11-23(20,21)15-9-5-2-6-12(15)17/h2-9H,10-11H2,1H3,(H,18,19). The van der Waals surface area contributed by atoms with Crippen LogP contribution in [0, 0.1) is 0 Å². The van der Waals surface area contributed by atoms with E-state index in [-0.39, 0.29) is 22.1 Å². The molecule has 0 heterocycles. The Hall–Kier alpha value is -2.05. The van der Waals surface area contributed by atoms with Gasteiger partial charge in [0.2, 0.25) is 5.91 Å². The second-order valence-corrected chi connectivity index (χ2v) is 7.23. The second-order valence-electron chi connectivity index (χ2n) is 4.75. The number of sulfone groups is 1.